The van der Waals surface area contributed by atoms with Crippen molar-refractivity contribution in [2.45, 2.75) is 25.3 Å². The summed E-state index contributed by atoms with van der Waals surface area (Å²) in [4.78, 5) is 15.9. The van der Waals surface area contributed by atoms with Crippen molar-refractivity contribution in [1.29, 1.82) is 5.26 Å². The minimum Gasteiger partial charge on any atom is -0.340 e. The monoisotopic (exact) mass is 295 g/mol. The zero-order valence-electron chi connectivity index (χ0n) is 12.2. The van der Waals surface area contributed by atoms with Crippen LogP contribution in [0.25, 0.3) is 0 Å². The van der Waals surface area contributed by atoms with E-state index in [9.17, 15) is 4.79 Å². The fourth-order valence-corrected chi connectivity index (χ4v) is 2.73. The van der Waals surface area contributed by atoms with Crippen molar-refractivity contribution in [3.8, 4) is 6.07 Å². The van der Waals surface area contributed by atoms with Gasteiger partial charge in [-0.25, -0.2) is 0 Å². The Kier molecular flexibility index (Phi) is 4.15. The van der Waals surface area contributed by atoms with E-state index in [0.29, 0.717) is 24.9 Å². The van der Waals surface area contributed by atoms with Gasteiger partial charge in [0.05, 0.1) is 30.1 Å². The summed E-state index contributed by atoms with van der Waals surface area (Å²) in [6.07, 6.45) is 5.42. The van der Waals surface area contributed by atoms with E-state index in [1.165, 1.54) is 0 Å². The Balaban J connectivity index is 1.51. The van der Waals surface area contributed by atoms with Crippen LogP contribution in [-0.4, -0.2) is 38.9 Å². The normalized spacial score (nSPS) is 17.4. The van der Waals surface area contributed by atoms with Gasteiger partial charge in [0.2, 0.25) is 5.91 Å². The molecule has 1 fully saturated rings. The number of hydrogen-bond acceptors (Lipinski definition) is 4. The summed E-state index contributed by atoms with van der Waals surface area (Å²) in [5.41, 5.74) is 1.72. The van der Waals surface area contributed by atoms with E-state index in [2.05, 4.69) is 16.3 Å². The van der Waals surface area contributed by atoms with E-state index in [1.807, 2.05) is 17.0 Å². The highest BCUT2D eigenvalue weighted by Gasteiger charge is 2.27. The summed E-state index contributed by atoms with van der Waals surface area (Å²) < 4.78 is 0. The van der Waals surface area contributed by atoms with Gasteiger partial charge >= 0.3 is 0 Å². The number of carbonyl (C=O) groups is 1. The third kappa shape index (κ3) is 3.14. The van der Waals surface area contributed by atoms with E-state index in [1.54, 1.807) is 29.3 Å². The molecule has 1 saturated heterocycles. The predicted octanol–water partition coefficient (Wildman–Crippen LogP) is 1.56. The number of carbonyl (C=O) groups excluding carboxylic acids is 1. The lowest BCUT2D eigenvalue weighted by atomic mass is 10.1. The van der Waals surface area contributed by atoms with Crippen molar-refractivity contribution in [3.05, 3.63) is 47.8 Å². The largest absolute Gasteiger partial charge is 0.340 e. The average molecular weight is 295 g/mol. The molecule has 0 spiro atoms. The van der Waals surface area contributed by atoms with Crippen molar-refractivity contribution in [3.63, 3.8) is 0 Å². The maximum absolute atomic E-state index is 12.3. The van der Waals surface area contributed by atoms with Gasteiger partial charge in [-0.2, -0.15) is 20.3 Å². The van der Waals surface area contributed by atoms with Gasteiger partial charge in [0.1, 0.15) is 0 Å². The van der Waals surface area contributed by atoms with Crippen molar-refractivity contribution in [1.82, 2.24) is 19.9 Å². The number of aromatic nitrogens is 3. The molecule has 22 heavy (non-hydrogen) atoms. The minimum atomic E-state index is 0.166. The molecule has 1 aromatic heterocycles. The molecule has 1 aromatic carbocycles. The van der Waals surface area contributed by atoms with E-state index in [4.69, 9.17) is 5.26 Å². The number of amides is 1. The Hall–Kier alpha value is -2.68. The Labute approximate surface area is 129 Å². The average Bonchev–Trinajstić information content (AvgIpc) is 3.23. The van der Waals surface area contributed by atoms with Crippen LogP contribution in [0.2, 0.25) is 0 Å². The summed E-state index contributed by atoms with van der Waals surface area (Å²) in [6.45, 7) is 1.44. The van der Waals surface area contributed by atoms with Crippen molar-refractivity contribution in [2.75, 3.05) is 13.1 Å². The molecule has 1 aliphatic rings. The van der Waals surface area contributed by atoms with Crippen LogP contribution in [0.15, 0.2) is 36.7 Å². The number of nitrogens with zero attached hydrogens (tertiary/aromatic N) is 5. The van der Waals surface area contributed by atoms with Gasteiger partial charge in [0.25, 0.3) is 0 Å². The Morgan fingerprint density at radius 1 is 1.27 bits per heavy atom. The van der Waals surface area contributed by atoms with Crippen LogP contribution in [0.3, 0.4) is 0 Å². The molecule has 6 nitrogen and oxygen atoms in total. The predicted molar refractivity (Wildman–Crippen MR) is 79.7 cm³/mol. The first-order valence-corrected chi connectivity index (χ1v) is 7.39. The molecule has 6 heteroatoms. The Morgan fingerprint density at radius 3 is 2.68 bits per heavy atom. The van der Waals surface area contributed by atoms with Gasteiger partial charge in [-0.15, -0.1) is 0 Å². The zero-order valence-corrected chi connectivity index (χ0v) is 12.2. The summed E-state index contributed by atoms with van der Waals surface area (Å²) in [5.74, 6) is 0.166. The van der Waals surface area contributed by atoms with Crippen molar-refractivity contribution >= 4 is 5.91 Å². The van der Waals surface area contributed by atoms with Gasteiger partial charge < -0.3 is 4.90 Å². The van der Waals surface area contributed by atoms with Gasteiger partial charge in [0, 0.05) is 19.5 Å². The second-order valence-electron chi connectivity index (χ2n) is 5.44. The fraction of sp³-hybridized carbons (Fsp3) is 0.375. The molecular formula is C16H17N5O. The highest BCUT2D eigenvalue weighted by atomic mass is 16.2. The third-order valence-electron chi connectivity index (χ3n) is 3.99. The molecule has 1 amide bonds. The molecule has 2 heterocycles. The third-order valence-corrected chi connectivity index (χ3v) is 3.99. The van der Waals surface area contributed by atoms with Gasteiger partial charge in [-0.3, -0.25) is 4.79 Å². The number of rotatable bonds is 4. The van der Waals surface area contributed by atoms with E-state index < -0.39 is 0 Å². The standard InChI is InChI=1S/C16H17N5O/c17-11-14-3-1-13(2-4-14)5-6-16(22)20-10-7-15(12-20)21-18-8-9-19-21/h1-4,8-9,15H,5-7,10,12H2/t15-/m0/s1. The summed E-state index contributed by atoms with van der Waals surface area (Å²) in [6, 6.07) is 9.67. The molecule has 0 N–H and O–H groups in total. The first-order valence-electron chi connectivity index (χ1n) is 7.39. The molecule has 3 rings (SSSR count). The van der Waals surface area contributed by atoms with E-state index in [-0.39, 0.29) is 11.9 Å². The lowest BCUT2D eigenvalue weighted by molar-refractivity contribution is -0.130. The summed E-state index contributed by atoms with van der Waals surface area (Å²) in [5, 5.41) is 17.1. The van der Waals surface area contributed by atoms with Gasteiger partial charge in [0.15, 0.2) is 0 Å². The molecule has 0 aliphatic carbocycles. The SMILES string of the molecule is N#Cc1ccc(CCC(=O)N2CC[C@H](n3nccn3)C2)cc1. The number of benzene rings is 1. The number of hydrogen-bond donors (Lipinski definition) is 0. The molecule has 112 valence electrons. The van der Waals surface area contributed by atoms with Crippen molar-refractivity contribution in [2.24, 2.45) is 0 Å². The number of likely N-dealkylation sites (tertiary alicyclic amines) is 1. The second-order valence-corrected chi connectivity index (χ2v) is 5.44. The molecule has 0 saturated carbocycles. The first-order chi connectivity index (χ1) is 10.8. The quantitative estimate of drug-likeness (QED) is 0.857. The Morgan fingerprint density at radius 2 is 2.00 bits per heavy atom. The van der Waals surface area contributed by atoms with Crippen molar-refractivity contribution < 1.29 is 4.79 Å². The highest BCUT2D eigenvalue weighted by Crippen LogP contribution is 2.20. The maximum Gasteiger partial charge on any atom is 0.222 e. The van der Waals surface area contributed by atoms with Crippen LogP contribution in [-0.2, 0) is 11.2 Å². The summed E-state index contributed by atoms with van der Waals surface area (Å²) >= 11 is 0. The molecule has 2 aromatic rings. The zero-order chi connectivity index (χ0) is 15.4. The topological polar surface area (TPSA) is 74.8 Å². The Bertz CT molecular complexity index is 672. The molecule has 1 aliphatic heterocycles. The van der Waals surface area contributed by atoms with Crippen LogP contribution < -0.4 is 0 Å². The van der Waals surface area contributed by atoms with Crippen LogP contribution in [0.5, 0.6) is 0 Å². The molecule has 0 bridgehead atoms. The van der Waals surface area contributed by atoms with Crippen LogP contribution in [0.1, 0.15) is 30.0 Å². The van der Waals surface area contributed by atoms with Crippen LogP contribution in [0, 0.1) is 11.3 Å². The molecular weight excluding hydrogens is 278 g/mol. The first kappa shape index (κ1) is 14.3. The number of nitriles is 1. The maximum atomic E-state index is 12.3. The van der Waals surface area contributed by atoms with Gasteiger partial charge in [-0.05, 0) is 30.5 Å². The molecule has 0 radical (unpaired) electrons. The smallest absolute Gasteiger partial charge is 0.222 e. The summed E-state index contributed by atoms with van der Waals surface area (Å²) in [7, 11) is 0. The second kappa shape index (κ2) is 6.39. The van der Waals surface area contributed by atoms with E-state index in [0.717, 1.165) is 18.5 Å². The minimum absolute atomic E-state index is 0.166. The molecule has 0 unspecified atom stereocenters. The number of aryl methyl sites for hydroxylation is 1. The van der Waals surface area contributed by atoms with Crippen LogP contribution >= 0.6 is 0 Å². The van der Waals surface area contributed by atoms with Gasteiger partial charge in [-0.1, -0.05) is 12.1 Å². The molecule has 1 atom stereocenters. The van der Waals surface area contributed by atoms with E-state index >= 15 is 0 Å². The highest BCUT2D eigenvalue weighted by molar-refractivity contribution is 5.76. The van der Waals surface area contributed by atoms with Crippen LogP contribution in [0.4, 0.5) is 0 Å². The fourth-order valence-electron chi connectivity index (χ4n) is 2.73. The lowest BCUT2D eigenvalue weighted by Gasteiger charge is -2.16. The lowest BCUT2D eigenvalue weighted by Crippen LogP contribution is -2.29.